The van der Waals surface area contributed by atoms with E-state index in [4.69, 9.17) is 10.5 Å². The number of rotatable bonds is 5. The van der Waals surface area contributed by atoms with E-state index in [9.17, 15) is 18.0 Å². The van der Waals surface area contributed by atoms with Crippen LogP contribution in [0.15, 0.2) is 30.6 Å². The monoisotopic (exact) mass is 341 g/mol. The molecule has 128 valence electrons. The number of alkyl halides is 3. The topological polar surface area (TPSA) is 84.9 Å². The van der Waals surface area contributed by atoms with Crippen LogP contribution >= 0.6 is 0 Å². The standard InChI is InChI=1S/C15H15F3N4O2/c1-9(2)24-12-6-10(5-11(7-12)15(16,17)18)14-20-8-22(21-14)4-3-13(19)23/h3-9H,1-2H3,(H2,19,23)/p+1. The summed E-state index contributed by atoms with van der Waals surface area (Å²) in [7, 11) is 0. The van der Waals surface area contributed by atoms with E-state index in [-0.39, 0.29) is 23.2 Å². The fourth-order valence-corrected chi connectivity index (χ4v) is 1.91. The minimum absolute atomic E-state index is 0.0884. The van der Waals surface area contributed by atoms with Gasteiger partial charge in [0.05, 0.1) is 17.2 Å². The van der Waals surface area contributed by atoms with Crippen molar-refractivity contribution >= 4 is 12.1 Å². The lowest BCUT2D eigenvalue weighted by Gasteiger charge is -2.13. The van der Waals surface area contributed by atoms with Gasteiger partial charge in [0.2, 0.25) is 5.91 Å². The second-order valence-corrected chi connectivity index (χ2v) is 5.24. The number of carbonyl (C=O) groups is 1. The largest absolute Gasteiger partial charge is 0.491 e. The van der Waals surface area contributed by atoms with E-state index < -0.39 is 17.6 Å². The third-order valence-corrected chi connectivity index (χ3v) is 2.82. The quantitative estimate of drug-likeness (QED) is 0.645. The third-order valence-electron chi connectivity index (χ3n) is 2.82. The van der Waals surface area contributed by atoms with Gasteiger partial charge >= 0.3 is 12.5 Å². The molecule has 0 radical (unpaired) electrons. The molecular weight excluding hydrogens is 325 g/mol. The van der Waals surface area contributed by atoms with Gasteiger partial charge in [-0.25, -0.2) is 0 Å². The zero-order valence-corrected chi connectivity index (χ0v) is 13.0. The van der Waals surface area contributed by atoms with Gasteiger partial charge in [0.1, 0.15) is 11.9 Å². The summed E-state index contributed by atoms with van der Waals surface area (Å²) in [5, 5.41) is 2.73. The number of halogens is 3. The van der Waals surface area contributed by atoms with Crippen molar-refractivity contribution in [2.24, 2.45) is 5.73 Å². The lowest BCUT2D eigenvalue weighted by atomic mass is 10.1. The molecule has 0 aliphatic rings. The molecule has 0 bridgehead atoms. The van der Waals surface area contributed by atoms with Gasteiger partial charge in [-0.05, 0) is 37.0 Å². The van der Waals surface area contributed by atoms with Gasteiger partial charge in [0.15, 0.2) is 0 Å². The molecule has 2 aromatic rings. The summed E-state index contributed by atoms with van der Waals surface area (Å²) >= 11 is 0. The van der Waals surface area contributed by atoms with Crippen LogP contribution in [0.5, 0.6) is 5.75 Å². The molecule has 9 heteroatoms. The molecule has 1 aromatic carbocycles. The summed E-state index contributed by atoms with van der Waals surface area (Å²) in [6.07, 6.45) is -1.10. The van der Waals surface area contributed by atoms with Gasteiger partial charge in [-0.1, -0.05) is 0 Å². The molecule has 3 N–H and O–H groups in total. The molecule has 1 aromatic heterocycles. The molecule has 0 fully saturated rings. The number of ether oxygens (including phenoxy) is 1. The summed E-state index contributed by atoms with van der Waals surface area (Å²) in [6, 6.07) is 3.36. The Kier molecular flexibility index (Phi) is 4.91. The number of primary amides is 1. The van der Waals surface area contributed by atoms with Gasteiger partial charge in [-0.15, -0.1) is 4.68 Å². The van der Waals surface area contributed by atoms with Crippen LogP contribution in [0.2, 0.25) is 0 Å². The van der Waals surface area contributed by atoms with Crippen molar-refractivity contribution in [3.05, 3.63) is 36.2 Å². The van der Waals surface area contributed by atoms with Crippen LogP contribution in [0, 0.1) is 0 Å². The Hall–Kier alpha value is -2.84. The molecule has 2 rings (SSSR count). The molecule has 0 spiro atoms. The van der Waals surface area contributed by atoms with Crippen LogP contribution in [0.4, 0.5) is 13.2 Å². The van der Waals surface area contributed by atoms with E-state index >= 15 is 0 Å². The molecule has 1 heterocycles. The smallest absolute Gasteiger partial charge is 0.416 e. The number of nitrogens with two attached hydrogens (primary N) is 1. The molecule has 0 atom stereocenters. The predicted octanol–water partition coefficient (Wildman–Crippen LogP) is 2.13. The van der Waals surface area contributed by atoms with E-state index in [0.717, 1.165) is 18.2 Å². The van der Waals surface area contributed by atoms with Crippen molar-refractivity contribution in [2.75, 3.05) is 0 Å². The van der Waals surface area contributed by atoms with Crippen molar-refractivity contribution in [1.82, 2.24) is 10.1 Å². The van der Waals surface area contributed by atoms with Gasteiger partial charge in [-0.3, -0.25) is 4.79 Å². The zero-order valence-electron chi connectivity index (χ0n) is 13.0. The summed E-state index contributed by atoms with van der Waals surface area (Å²) < 4.78 is 45.9. The molecule has 0 aliphatic carbocycles. The van der Waals surface area contributed by atoms with Crippen LogP contribution in [0.1, 0.15) is 19.4 Å². The minimum atomic E-state index is -4.51. The first kappa shape index (κ1) is 17.5. The zero-order chi connectivity index (χ0) is 17.9. The molecular formula is C15H16F3N4O2+. The summed E-state index contributed by atoms with van der Waals surface area (Å²) in [5.74, 6) is -0.389. The van der Waals surface area contributed by atoms with Gasteiger partial charge in [0.25, 0.3) is 5.82 Å². The van der Waals surface area contributed by atoms with Gasteiger partial charge in [-0.2, -0.15) is 18.3 Å². The molecule has 0 aliphatic heterocycles. The molecule has 24 heavy (non-hydrogen) atoms. The van der Waals surface area contributed by atoms with E-state index in [1.54, 1.807) is 13.8 Å². The van der Waals surface area contributed by atoms with E-state index in [1.165, 1.54) is 23.3 Å². The number of benzene rings is 1. The van der Waals surface area contributed by atoms with Crippen LogP contribution in [0.25, 0.3) is 17.6 Å². The third kappa shape index (κ3) is 4.58. The number of H-pyrrole nitrogens is 1. The summed E-state index contributed by atoms with van der Waals surface area (Å²) in [4.78, 5) is 14.7. The molecule has 6 nitrogen and oxygen atoms in total. The maximum atomic E-state index is 13.1. The maximum absolute atomic E-state index is 13.1. The average molecular weight is 341 g/mol. The van der Waals surface area contributed by atoms with Crippen molar-refractivity contribution in [1.29, 1.82) is 0 Å². The number of amides is 1. The number of nitrogens with zero attached hydrogens (tertiary/aromatic N) is 2. The number of nitrogens with one attached hydrogen (secondary N) is 1. The Labute approximate surface area is 135 Å². The van der Waals surface area contributed by atoms with Crippen LogP contribution in [-0.2, 0) is 11.0 Å². The normalized spacial score (nSPS) is 12.1. The van der Waals surface area contributed by atoms with Gasteiger partial charge in [0, 0.05) is 6.08 Å². The highest BCUT2D eigenvalue weighted by atomic mass is 19.4. The van der Waals surface area contributed by atoms with Crippen molar-refractivity contribution in [3.8, 4) is 17.1 Å². The van der Waals surface area contributed by atoms with E-state index in [1.807, 2.05) is 0 Å². The van der Waals surface area contributed by atoms with Crippen molar-refractivity contribution < 1.29 is 27.4 Å². The Morgan fingerprint density at radius 3 is 2.67 bits per heavy atom. The number of hydrogen-bond donors (Lipinski definition) is 2. The summed E-state index contributed by atoms with van der Waals surface area (Å²) in [5.41, 5.74) is 4.34. The summed E-state index contributed by atoms with van der Waals surface area (Å²) in [6.45, 7) is 3.44. The number of aromatic nitrogens is 3. The van der Waals surface area contributed by atoms with Crippen LogP contribution < -0.4 is 15.2 Å². The highest BCUT2D eigenvalue weighted by Crippen LogP contribution is 2.35. The second kappa shape index (κ2) is 6.73. The Balaban J connectivity index is 2.43. The molecule has 0 saturated carbocycles. The average Bonchev–Trinajstić information content (AvgIpc) is 2.92. The first-order chi connectivity index (χ1) is 11.1. The lowest BCUT2D eigenvalue weighted by molar-refractivity contribution is -0.630. The Bertz CT molecular complexity index is 766. The highest BCUT2D eigenvalue weighted by Gasteiger charge is 2.32. The highest BCUT2D eigenvalue weighted by molar-refractivity contribution is 5.87. The predicted molar refractivity (Wildman–Crippen MR) is 79.5 cm³/mol. The fourth-order valence-electron chi connectivity index (χ4n) is 1.91. The van der Waals surface area contributed by atoms with Crippen molar-refractivity contribution in [3.63, 3.8) is 0 Å². The first-order valence-electron chi connectivity index (χ1n) is 6.98. The Morgan fingerprint density at radius 1 is 1.38 bits per heavy atom. The fraction of sp³-hybridized carbons (Fsp3) is 0.267. The first-order valence-corrected chi connectivity index (χ1v) is 6.98. The number of hydrogen-bond acceptors (Lipinski definition) is 3. The van der Waals surface area contributed by atoms with Crippen LogP contribution in [0.3, 0.4) is 0 Å². The SMILES string of the molecule is CC(C)Oc1cc(-c2nc[n+](C=CC(N)=O)[nH]2)cc(C(F)(F)F)c1. The molecule has 1 amide bonds. The maximum Gasteiger partial charge on any atom is 0.416 e. The number of aromatic amines is 1. The Morgan fingerprint density at radius 2 is 2.08 bits per heavy atom. The number of carbonyl (C=O) groups excluding carboxylic acids is 1. The van der Waals surface area contributed by atoms with E-state index in [2.05, 4.69) is 10.1 Å². The van der Waals surface area contributed by atoms with E-state index in [0.29, 0.717) is 0 Å². The lowest BCUT2D eigenvalue weighted by Crippen LogP contribution is -2.27. The molecule has 0 unspecified atom stereocenters. The molecule has 0 saturated heterocycles. The second-order valence-electron chi connectivity index (χ2n) is 5.24. The minimum Gasteiger partial charge on any atom is -0.491 e. The van der Waals surface area contributed by atoms with Crippen LogP contribution in [-0.4, -0.2) is 22.1 Å². The van der Waals surface area contributed by atoms with Gasteiger partial charge < -0.3 is 10.5 Å². The van der Waals surface area contributed by atoms with Crippen molar-refractivity contribution in [2.45, 2.75) is 26.1 Å².